The molecule has 0 spiro atoms. The van der Waals surface area contributed by atoms with Gasteiger partial charge in [-0.25, -0.2) is 13.8 Å². The van der Waals surface area contributed by atoms with Gasteiger partial charge in [0.2, 0.25) is 5.88 Å². The summed E-state index contributed by atoms with van der Waals surface area (Å²) in [6, 6.07) is 7.33. The lowest BCUT2D eigenvalue weighted by atomic mass is 10.1. The van der Waals surface area contributed by atoms with Crippen LogP contribution in [-0.4, -0.2) is 19.7 Å². The van der Waals surface area contributed by atoms with Crippen molar-refractivity contribution in [2.45, 2.75) is 19.8 Å². The van der Waals surface area contributed by atoms with Crippen LogP contribution in [0.3, 0.4) is 0 Å². The number of aryl methyl sites for hydroxylation is 3. The van der Waals surface area contributed by atoms with Gasteiger partial charge in [0.05, 0.1) is 5.69 Å². The molecule has 6 heteroatoms. The van der Waals surface area contributed by atoms with Gasteiger partial charge in [-0.2, -0.15) is 9.61 Å². The van der Waals surface area contributed by atoms with Crippen molar-refractivity contribution in [2.75, 3.05) is 0 Å². The van der Waals surface area contributed by atoms with Crippen molar-refractivity contribution in [3.63, 3.8) is 0 Å². The monoisotopic (exact) mass is 289 g/mol. The molecule has 0 fully saturated rings. The zero-order valence-corrected chi connectivity index (χ0v) is 11.3. The molecule has 2 aromatic heterocycles. The van der Waals surface area contributed by atoms with Crippen molar-refractivity contribution in [1.82, 2.24) is 14.6 Å². The van der Waals surface area contributed by atoms with Crippen LogP contribution in [0.4, 0.5) is 8.78 Å². The molecular weight excluding hydrogens is 276 g/mol. The van der Waals surface area contributed by atoms with Gasteiger partial charge in [-0.05, 0) is 31.4 Å². The SMILES string of the molecule is Cc1cc2nc(CCc3cccc(F)c3F)cc(O)n2n1. The number of aromatic nitrogens is 3. The Morgan fingerprint density at radius 3 is 2.81 bits per heavy atom. The Morgan fingerprint density at radius 2 is 2.00 bits per heavy atom. The van der Waals surface area contributed by atoms with E-state index in [1.807, 2.05) is 0 Å². The molecule has 1 N–H and O–H groups in total. The molecule has 2 heterocycles. The predicted molar refractivity (Wildman–Crippen MR) is 73.2 cm³/mol. The normalized spacial score (nSPS) is 11.2. The molecule has 108 valence electrons. The van der Waals surface area contributed by atoms with E-state index in [0.29, 0.717) is 29.7 Å². The van der Waals surface area contributed by atoms with Crippen LogP contribution in [0.25, 0.3) is 5.65 Å². The molecule has 0 unspecified atom stereocenters. The number of benzene rings is 1. The summed E-state index contributed by atoms with van der Waals surface area (Å²) < 4.78 is 28.1. The van der Waals surface area contributed by atoms with Gasteiger partial charge in [-0.3, -0.25) is 0 Å². The summed E-state index contributed by atoms with van der Waals surface area (Å²) in [6.45, 7) is 1.80. The highest BCUT2D eigenvalue weighted by atomic mass is 19.2. The van der Waals surface area contributed by atoms with E-state index >= 15 is 0 Å². The van der Waals surface area contributed by atoms with Crippen LogP contribution in [0.5, 0.6) is 5.88 Å². The minimum Gasteiger partial charge on any atom is -0.493 e. The molecule has 21 heavy (non-hydrogen) atoms. The van der Waals surface area contributed by atoms with E-state index in [0.717, 1.165) is 11.8 Å². The van der Waals surface area contributed by atoms with Crippen LogP contribution in [-0.2, 0) is 12.8 Å². The van der Waals surface area contributed by atoms with Crippen molar-refractivity contribution < 1.29 is 13.9 Å². The number of halogens is 2. The third-order valence-electron chi connectivity index (χ3n) is 3.27. The highest BCUT2D eigenvalue weighted by Gasteiger charge is 2.10. The Kier molecular flexibility index (Phi) is 3.29. The van der Waals surface area contributed by atoms with Crippen LogP contribution in [0.2, 0.25) is 0 Å². The molecule has 3 rings (SSSR count). The third-order valence-corrected chi connectivity index (χ3v) is 3.27. The van der Waals surface area contributed by atoms with Crippen LogP contribution in [0.1, 0.15) is 17.0 Å². The molecule has 1 aromatic carbocycles. The van der Waals surface area contributed by atoms with E-state index in [1.54, 1.807) is 19.1 Å². The summed E-state index contributed by atoms with van der Waals surface area (Å²) in [7, 11) is 0. The van der Waals surface area contributed by atoms with Crippen LogP contribution in [0, 0.1) is 18.6 Å². The van der Waals surface area contributed by atoms with Crippen molar-refractivity contribution in [3.05, 3.63) is 58.9 Å². The first-order valence-corrected chi connectivity index (χ1v) is 6.53. The number of nitrogens with zero attached hydrogens (tertiary/aromatic N) is 3. The van der Waals surface area contributed by atoms with E-state index in [1.165, 1.54) is 16.6 Å². The molecule has 4 nitrogen and oxygen atoms in total. The van der Waals surface area contributed by atoms with Gasteiger partial charge in [0.25, 0.3) is 0 Å². The van der Waals surface area contributed by atoms with Gasteiger partial charge in [-0.1, -0.05) is 12.1 Å². The van der Waals surface area contributed by atoms with Gasteiger partial charge in [-0.15, -0.1) is 0 Å². The van der Waals surface area contributed by atoms with Gasteiger partial charge in [0.1, 0.15) is 0 Å². The van der Waals surface area contributed by atoms with Gasteiger partial charge in [0.15, 0.2) is 17.3 Å². The summed E-state index contributed by atoms with van der Waals surface area (Å²) >= 11 is 0. The first kappa shape index (κ1) is 13.5. The third kappa shape index (κ3) is 2.56. The molecule has 0 aliphatic rings. The minimum atomic E-state index is -0.856. The first-order valence-electron chi connectivity index (χ1n) is 6.53. The van der Waals surface area contributed by atoms with Crippen LogP contribution >= 0.6 is 0 Å². The quantitative estimate of drug-likeness (QED) is 0.806. The van der Waals surface area contributed by atoms with Gasteiger partial charge < -0.3 is 5.11 Å². The molecule has 0 amide bonds. The van der Waals surface area contributed by atoms with Crippen LogP contribution in [0.15, 0.2) is 30.3 Å². The summed E-state index contributed by atoms with van der Waals surface area (Å²) in [4.78, 5) is 4.35. The number of fused-ring (bicyclic) bond motifs is 1. The summed E-state index contributed by atoms with van der Waals surface area (Å²) in [5, 5.41) is 14.0. The minimum absolute atomic E-state index is 0.0252. The Morgan fingerprint density at radius 1 is 1.19 bits per heavy atom. The largest absolute Gasteiger partial charge is 0.493 e. The van der Waals surface area contributed by atoms with Crippen molar-refractivity contribution in [1.29, 1.82) is 0 Å². The zero-order valence-electron chi connectivity index (χ0n) is 11.3. The Hall–Kier alpha value is -2.50. The maximum Gasteiger partial charge on any atom is 0.215 e. The Labute approximate surface area is 119 Å². The highest BCUT2D eigenvalue weighted by Crippen LogP contribution is 2.17. The fraction of sp³-hybridized carbons (Fsp3) is 0.200. The number of rotatable bonds is 3. The lowest BCUT2D eigenvalue weighted by molar-refractivity contribution is 0.433. The van der Waals surface area contributed by atoms with Gasteiger partial charge in [0, 0.05) is 17.8 Å². The Bertz CT molecular complexity index is 814. The molecule has 0 atom stereocenters. The lowest BCUT2D eigenvalue weighted by Gasteiger charge is -2.05. The summed E-state index contributed by atoms with van der Waals surface area (Å²) in [5.41, 5.74) is 2.16. The lowest BCUT2D eigenvalue weighted by Crippen LogP contribution is -2.01. The molecular formula is C15H13F2N3O. The fourth-order valence-corrected chi connectivity index (χ4v) is 2.26. The van der Waals surface area contributed by atoms with E-state index in [-0.39, 0.29) is 5.88 Å². The number of aromatic hydroxyl groups is 1. The maximum absolute atomic E-state index is 13.6. The van der Waals surface area contributed by atoms with E-state index in [9.17, 15) is 13.9 Å². The highest BCUT2D eigenvalue weighted by molar-refractivity contribution is 5.43. The second kappa shape index (κ2) is 5.12. The second-order valence-corrected chi connectivity index (χ2v) is 4.87. The first-order chi connectivity index (χ1) is 10.0. The average Bonchev–Trinajstić information content (AvgIpc) is 2.81. The smallest absolute Gasteiger partial charge is 0.215 e. The fourth-order valence-electron chi connectivity index (χ4n) is 2.26. The number of hydrogen-bond donors (Lipinski definition) is 1. The van der Waals surface area contributed by atoms with Crippen LogP contribution < -0.4 is 0 Å². The van der Waals surface area contributed by atoms with Crippen molar-refractivity contribution >= 4 is 5.65 Å². The molecule has 3 aromatic rings. The summed E-state index contributed by atoms with van der Waals surface area (Å²) in [6.07, 6.45) is 0.702. The standard InChI is InChI=1S/C15H13F2N3O/c1-9-7-13-18-11(8-14(21)20(13)19-9)6-5-10-3-2-4-12(16)15(10)17/h2-4,7-8,21H,5-6H2,1H3. The molecule has 0 aliphatic carbocycles. The van der Waals surface area contributed by atoms with Gasteiger partial charge >= 0.3 is 0 Å². The van der Waals surface area contributed by atoms with E-state index in [2.05, 4.69) is 10.1 Å². The predicted octanol–water partition coefficient (Wildman–Crippen LogP) is 2.81. The maximum atomic E-state index is 13.6. The van der Waals surface area contributed by atoms with Crippen molar-refractivity contribution in [2.24, 2.45) is 0 Å². The second-order valence-electron chi connectivity index (χ2n) is 4.87. The van der Waals surface area contributed by atoms with E-state index < -0.39 is 11.6 Å². The Balaban J connectivity index is 1.86. The molecule has 0 bridgehead atoms. The summed E-state index contributed by atoms with van der Waals surface area (Å²) in [5.74, 6) is -1.71. The van der Waals surface area contributed by atoms with Crippen molar-refractivity contribution in [3.8, 4) is 5.88 Å². The van der Waals surface area contributed by atoms with E-state index in [4.69, 9.17) is 0 Å². The molecule has 0 aliphatic heterocycles. The average molecular weight is 289 g/mol. The molecule has 0 radical (unpaired) electrons. The molecule has 0 saturated heterocycles. The zero-order chi connectivity index (χ0) is 15.0. The number of hydrogen-bond acceptors (Lipinski definition) is 3. The molecule has 0 saturated carbocycles. The topological polar surface area (TPSA) is 50.4 Å².